The van der Waals surface area contributed by atoms with Crippen molar-refractivity contribution < 1.29 is 22.7 Å². The SMILES string of the molecule is COC(=O)c1oc(CN(Cc2ccc(F)cc2F)C2CC2)cc1C. The number of hydrogen-bond donors (Lipinski definition) is 0. The summed E-state index contributed by atoms with van der Waals surface area (Å²) >= 11 is 0. The zero-order valence-electron chi connectivity index (χ0n) is 13.6. The molecule has 0 aliphatic heterocycles. The highest BCUT2D eigenvalue weighted by molar-refractivity contribution is 5.87. The van der Waals surface area contributed by atoms with E-state index in [2.05, 4.69) is 9.64 Å². The molecule has 1 aliphatic carbocycles. The number of esters is 1. The van der Waals surface area contributed by atoms with Gasteiger partial charge in [0.15, 0.2) is 0 Å². The number of nitrogens with zero attached hydrogens (tertiary/aromatic N) is 1. The maximum absolute atomic E-state index is 13.9. The third kappa shape index (κ3) is 3.64. The molecule has 0 amide bonds. The van der Waals surface area contributed by atoms with Gasteiger partial charge in [0.2, 0.25) is 5.76 Å². The number of furan rings is 1. The van der Waals surface area contributed by atoms with Crippen LogP contribution in [0.15, 0.2) is 28.7 Å². The van der Waals surface area contributed by atoms with E-state index in [0.29, 0.717) is 36.0 Å². The number of rotatable bonds is 6. The summed E-state index contributed by atoms with van der Waals surface area (Å²) in [6.45, 7) is 2.60. The van der Waals surface area contributed by atoms with Crippen molar-refractivity contribution in [3.63, 3.8) is 0 Å². The number of hydrogen-bond acceptors (Lipinski definition) is 4. The molecule has 0 N–H and O–H groups in total. The molecule has 2 aromatic rings. The van der Waals surface area contributed by atoms with E-state index in [0.717, 1.165) is 18.9 Å². The summed E-state index contributed by atoms with van der Waals surface area (Å²) in [4.78, 5) is 13.7. The Labute approximate surface area is 139 Å². The van der Waals surface area contributed by atoms with Gasteiger partial charge in [-0.2, -0.15) is 0 Å². The van der Waals surface area contributed by atoms with Gasteiger partial charge in [-0.05, 0) is 31.9 Å². The van der Waals surface area contributed by atoms with Crippen LogP contribution in [0.1, 0.15) is 40.3 Å². The van der Waals surface area contributed by atoms with E-state index in [1.165, 1.54) is 19.2 Å². The molecule has 128 valence electrons. The van der Waals surface area contributed by atoms with Crippen molar-refractivity contribution in [2.75, 3.05) is 7.11 Å². The van der Waals surface area contributed by atoms with Crippen molar-refractivity contribution in [3.8, 4) is 0 Å². The Morgan fingerprint density at radius 3 is 2.67 bits per heavy atom. The summed E-state index contributed by atoms with van der Waals surface area (Å²) in [5.74, 6) is -0.829. The topological polar surface area (TPSA) is 42.7 Å². The monoisotopic (exact) mass is 335 g/mol. The maximum Gasteiger partial charge on any atom is 0.374 e. The van der Waals surface area contributed by atoms with E-state index in [-0.39, 0.29) is 5.76 Å². The van der Waals surface area contributed by atoms with Crippen molar-refractivity contribution in [1.29, 1.82) is 0 Å². The minimum absolute atomic E-state index is 0.191. The zero-order chi connectivity index (χ0) is 17.3. The quantitative estimate of drug-likeness (QED) is 0.753. The number of methoxy groups -OCH3 is 1. The van der Waals surface area contributed by atoms with Crippen LogP contribution in [0.3, 0.4) is 0 Å². The molecule has 1 aromatic heterocycles. The van der Waals surface area contributed by atoms with E-state index in [1.54, 1.807) is 13.0 Å². The maximum atomic E-state index is 13.9. The molecule has 0 unspecified atom stereocenters. The molecular formula is C18H19F2NO3. The highest BCUT2D eigenvalue weighted by Crippen LogP contribution is 2.31. The summed E-state index contributed by atoms with van der Waals surface area (Å²) in [6, 6.07) is 5.76. The van der Waals surface area contributed by atoms with Crippen LogP contribution in [0, 0.1) is 18.6 Å². The van der Waals surface area contributed by atoms with Crippen LogP contribution >= 0.6 is 0 Å². The van der Waals surface area contributed by atoms with Crippen LogP contribution in [0.4, 0.5) is 8.78 Å². The van der Waals surface area contributed by atoms with Crippen molar-refractivity contribution in [2.45, 2.75) is 38.9 Å². The fourth-order valence-electron chi connectivity index (χ4n) is 2.74. The lowest BCUT2D eigenvalue weighted by molar-refractivity contribution is 0.0559. The van der Waals surface area contributed by atoms with Crippen LogP contribution in [0.5, 0.6) is 0 Å². The first-order chi connectivity index (χ1) is 11.5. The predicted molar refractivity (Wildman–Crippen MR) is 83.4 cm³/mol. The van der Waals surface area contributed by atoms with E-state index in [4.69, 9.17) is 4.42 Å². The third-order valence-electron chi connectivity index (χ3n) is 4.15. The van der Waals surface area contributed by atoms with E-state index in [9.17, 15) is 13.6 Å². The molecule has 1 aliphatic rings. The molecule has 24 heavy (non-hydrogen) atoms. The lowest BCUT2D eigenvalue weighted by Crippen LogP contribution is -2.25. The second kappa shape index (κ2) is 6.73. The van der Waals surface area contributed by atoms with Crippen molar-refractivity contribution in [1.82, 2.24) is 4.90 Å². The Hall–Kier alpha value is -2.21. The molecule has 0 radical (unpaired) electrons. The standard InChI is InChI=1S/C18H19F2NO3/c1-11-7-15(24-17(11)18(22)23-2)10-21(14-5-6-14)9-12-3-4-13(19)8-16(12)20/h3-4,7-8,14H,5-6,9-10H2,1-2H3. The van der Waals surface area contributed by atoms with E-state index in [1.807, 2.05) is 0 Å². The predicted octanol–water partition coefficient (Wildman–Crippen LogP) is 3.82. The Balaban J connectivity index is 1.76. The second-order valence-electron chi connectivity index (χ2n) is 6.09. The van der Waals surface area contributed by atoms with Gasteiger partial charge >= 0.3 is 5.97 Å². The van der Waals surface area contributed by atoms with Gasteiger partial charge < -0.3 is 9.15 Å². The van der Waals surface area contributed by atoms with Crippen molar-refractivity contribution in [3.05, 3.63) is 58.5 Å². The first-order valence-corrected chi connectivity index (χ1v) is 7.83. The summed E-state index contributed by atoms with van der Waals surface area (Å²) < 4.78 is 37.2. The lowest BCUT2D eigenvalue weighted by Gasteiger charge is -2.21. The number of halogens is 2. The molecular weight excluding hydrogens is 316 g/mol. The summed E-state index contributed by atoms with van der Waals surface area (Å²) in [7, 11) is 1.30. The summed E-state index contributed by atoms with van der Waals surface area (Å²) in [5.41, 5.74) is 1.15. The average molecular weight is 335 g/mol. The Kier molecular flexibility index (Phi) is 4.66. The largest absolute Gasteiger partial charge is 0.463 e. The first kappa shape index (κ1) is 16.6. The second-order valence-corrected chi connectivity index (χ2v) is 6.09. The van der Waals surface area contributed by atoms with Crippen LogP contribution in [-0.2, 0) is 17.8 Å². The molecule has 0 bridgehead atoms. The van der Waals surface area contributed by atoms with Gasteiger partial charge in [0, 0.05) is 29.8 Å². The minimum atomic E-state index is -0.585. The number of benzene rings is 1. The number of carbonyl (C=O) groups is 1. The first-order valence-electron chi connectivity index (χ1n) is 7.83. The van der Waals surface area contributed by atoms with Crippen molar-refractivity contribution >= 4 is 5.97 Å². The molecule has 0 atom stereocenters. The highest BCUT2D eigenvalue weighted by Gasteiger charge is 2.30. The Morgan fingerprint density at radius 2 is 2.04 bits per heavy atom. The normalized spacial score (nSPS) is 14.2. The molecule has 1 aromatic carbocycles. The zero-order valence-corrected chi connectivity index (χ0v) is 13.6. The van der Waals surface area contributed by atoms with Gasteiger partial charge in [-0.1, -0.05) is 6.07 Å². The van der Waals surface area contributed by atoms with Gasteiger partial charge in [0.05, 0.1) is 13.7 Å². The van der Waals surface area contributed by atoms with Gasteiger partial charge in [0.1, 0.15) is 17.4 Å². The van der Waals surface area contributed by atoms with Gasteiger partial charge in [-0.3, -0.25) is 4.90 Å². The summed E-state index contributed by atoms with van der Waals surface area (Å²) in [6.07, 6.45) is 2.07. The van der Waals surface area contributed by atoms with Gasteiger partial charge in [-0.25, -0.2) is 13.6 Å². The van der Waals surface area contributed by atoms with Crippen LogP contribution in [0.2, 0.25) is 0 Å². The number of ether oxygens (including phenoxy) is 1. The Bertz CT molecular complexity index is 753. The highest BCUT2D eigenvalue weighted by atomic mass is 19.1. The molecule has 3 rings (SSSR count). The summed E-state index contributed by atoms with van der Waals surface area (Å²) in [5, 5.41) is 0. The molecule has 4 nitrogen and oxygen atoms in total. The molecule has 6 heteroatoms. The van der Waals surface area contributed by atoms with E-state index < -0.39 is 17.6 Å². The lowest BCUT2D eigenvalue weighted by atomic mass is 10.2. The molecule has 1 fully saturated rings. The fourth-order valence-corrected chi connectivity index (χ4v) is 2.74. The smallest absolute Gasteiger partial charge is 0.374 e. The number of aryl methyl sites for hydroxylation is 1. The van der Waals surface area contributed by atoms with Crippen LogP contribution < -0.4 is 0 Å². The minimum Gasteiger partial charge on any atom is -0.463 e. The third-order valence-corrected chi connectivity index (χ3v) is 4.15. The Morgan fingerprint density at radius 1 is 1.29 bits per heavy atom. The average Bonchev–Trinajstić information content (AvgIpc) is 3.32. The molecule has 1 saturated carbocycles. The van der Waals surface area contributed by atoms with Gasteiger partial charge in [-0.15, -0.1) is 0 Å². The van der Waals surface area contributed by atoms with Crippen LogP contribution in [0.25, 0.3) is 0 Å². The van der Waals surface area contributed by atoms with Gasteiger partial charge in [0.25, 0.3) is 0 Å². The fraction of sp³-hybridized carbons (Fsp3) is 0.389. The van der Waals surface area contributed by atoms with E-state index >= 15 is 0 Å². The molecule has 0 spiro atoms. The molecule has 1 heterocycles. The number of carbonyl (C=O) groups excluding carboxylic acids is 1. The van der Waals surface area contributed by atoms with Crippen molar-refractivity contribution in [2.24, 2.45) is 0 Å². The molecule has 0 saturated heterocycles. The van der Waals surface area contributed by atoms with Crippen LogP contribution in [-0.4, -0.2) is 24.0 Å².